The maximum Gasteiger partial charge on any atom is 2.00 e. The number of hydrogen-bond donors (Lipinski definition) is 0. The minimum absolute atomic E-state index is 0. The summed E-state index contributed by atoms with van der Waals surface area (Å²) in [4.78, 5) is 0. The Balaban J connectivity index is 0.000000116. The van der Waals surface area contributed by atoms with Crippen LogP contribution in [0, 0.1) is 0 Å². The van der Waals surface area contributed by atoms with Crippen molar-refractivity contribution in [1.29, 1.82) is 0 Å². The summed E-state index contributed by atoms with van der Waals surface area (Å²) in [6.45, 7) is 0. The normalized spacial score (nSPS) is 11.2. The molecule has 0 N–H and O–H groups in total. The molecule has 12 aromatic carbocycles. The van der Waals surface area contributed by atoms with Crippen LogP contribution in [0.15, 0.2) is 218 Å². The van der Waals surface area contributed by atoms with Crippen LogP contribution in [0.2, 0.25) is 0 Å². The van der Waals surface area contributed by atoms with Gasteiger partial charge in [0.15, 0.2) is 0 Å². The van der Waals surface area contributed by atoms with E-state index in [9.17, 15) is 0 Å². The van der Waals surface area contributed by atoms with Crippen molar-refractivity contribution >= 4 is 130 Å². The quantitative estimate of drug-likeness (QED) is 0.107. The second-order valence-corrected chi connectivity index (χ2v) is 18.3. The third-order valence-electron chi connectivity index (χ3n) is 14.7. The van der Waals surface area contributed by atoms with E-state index >= 15 is 0 Å². The van der Waals surface area contributed by atoms with Crippen LogP contribution in [0.3, 0.4) is 0 Å². The Morgan fingerprint density at radius 2 is 0.403 bits per heavy atom. The summed E-state index contributed by atoms with van der Waals surface area (Å²) in [5.74, 6) is 0. The maximum atomic E-state index is 2.28. The molecule has 0 aliphatic carbocycles. The van der Waals surface area contributed by atoms with E-state index in [2.05, 4.69) is 265 Å². The van der Waals surface area contributed by atoms with Crippen LogP contribution < -0.4 is 24.8 Å². The molecule has 0 saturated carbocycles. The fraction of sp³-hybridized carbons (Fsp3) is 0.0625. The molecule has 348 valence electrons. The summed E-state index contributed by atoms with van der Waals surface area (Å²) in [6.07, 6.45) is 0. The van der Waals surface area contributed by atoms with Gasteiger partial charge in [-0.05, 0) is 67.9 Å². The molecule has 72 heavy (non-hydrogen) atoms. The molecule has 4 aromatic heterocycles. The van der Waals surface area contributed by atoms with Gasteiger partial charge < -0.3 is 43.1 Å². The fourth-order valence-corrected chi connectivity index (χ4v) is 11.5. The Hall–Kier alpha value is -6.59. The number of rotatable bonds is 0. The molecule has 4 nitrogen and oxygen atoms in total. The van der Waals surface area contributed by atoms with Gasteiger partial charge in [-0.25, -0.2) is 0 Å². The first-order chi connectivity index (χ1) is 33.4. The van der Waals surface area contributed by atoms with Crippen molar-refractivity contribution in [2.45, 2.75) is 0 Å². The van der Waals surface area contributed by atoms with Crippen LogP contribution in [0.5, 0.6) is 0 Å². The zero-order chi connectivity index (χ0) is 45.6. The van der Waals surface area contributed by atoms with E-state index < -0.39 is 0 Å². The van der Waals surface area contributed by atoms with Crippen molar-refractivity contribution in [3.8, 4) is 0 Å². The van der Waals surface area contributed by atoms with Crippen LogP contribution in [-0.4, -0.2) is 18.3 Å². The number of hydrogen-bond acceptors (Lipinski definition) is 0. The molecule has 0 radical (unpaired) electrons. The molecule has 0 bridgehead atoms. The number of para-hydroxylation sites is 4. The van der Waals surface area contributed by atoms with Crippen molar-refractivity contribution < 1.29 is 68.2 Å². The third-order valence-corrected chi connectivity index (χ3v) is 14.7. The topological polar surface area (TPSA) is 19.7 Å². The van der Waals surface area contributed by atoms with E-state index in [-0.39, 0.29) is 68.2 Å². The number of fused-ring (bicyclic) bond motifs is 20. The van der Waals surface area contributed by atoms with Gasteiger partial charge in [0, 0.05) is 50.3 Å². The van der Waals surface area contributed by atoms with Gasteiger partial charge in [0.1, 0.15) is 0 Å². The minimum atomic E-state index is 0. The van der Waals surface area contributed by atoms with E-state index in [1.165, 1.54) is 130 Å². The molecule has 0 unspecified atom stereocenters. The molecule has 8 heteroatoms. The molecule has 0 amide bonds. The Labute approximate surface area is 459 Å². The van der Waals surface area contributed by atoms with E-state index in [1.54, 1.807) is 0 Å². The van der Waals surface area contributed by atoms with Gasteiger partial charge in [0.05, 0.1) is 0 Å². The summed E-state index contributed by atoms with van der Waals surface area (Å²) in [6, 6.07) is 78.0. The molecule has 0 spiro atoms. The molecule has 0 fully saturated rings. The number of aromatic nitrogens is 4. The van der Waals surface area contributed by atoms with Crippen molar-refractivity contribution in [1.82, 2.24) is 18.3 Å². The zero-order valence-electron chi connectivity index (χ0n) is 40.3. The zero-order valence-corrected chi connectivity index (χ0v) is 45.0. The molecule has 0 aliphatic heterocycles. The first kappa shape index (κ1) is 50.4. The van der Waals surface area contributed by atoms with Crippen molar-refractivity contribution in [2.24, 2.45) is 28.2 Å². The molecule has 0 saturated heterocycles. The third kappa shape index (κ3) is 7.85. The van der Waals surface area contributed by atoms with Crippen molar-refractivity contribution in [2.75, 3.05) is 0 Å². The van der Waals surface area contributed by atoms with Crippen LogP contribution >= 0.6 is 0 Å². The van der Waals surface area contributed by atoms with Gasteiger partial charge in [-0.1, -0.05) is 119 Å². The first-order valence-corrected chi connectivity index (χ1v) is 23.5. The molecular weight excluding hydrogens is 991 g/mol. The molecule has 0 aliphatic rings. The maximum absolute atomic E-state index is 2.28. The van der Waals surface area contributed by atoms with Gasteiger partial charge in [-0.2, -0.15) is 0 Å². The van der Waals surface area contributed by atoms with Gasteiger partial charge in [0.25, 0.3) is 0 Å². The Bertz CT molecular complexity index is 3990. The predicted molar refractivity (Wildman–Crippen MR) is 294 cm³/mol. The Morgan fingerprint density at radius 3 is 0.611 bits per heavy atom. The fourth-order valence-electron chi connectivity index (χ4n) is 11.5. The molecule has 16 aromatic rings. The smallest absolute Gasteiger partial charge is 1.00 e. The largest absolute Gasteiger partial charge is 2.00 e. The summed E-state index contributed by atoms with van der Waals surface area (Å²) < 4.78 is 9.13. The van der Waals surface area contributed by atoms with E-state index in [4.69, 9.17) is 0 Å². The number of nitrogens with zero attached hydrogens (tertiary/aromatic N) is 4. The summed E-state index contributed by atoms with van der Waals surface area (Å²) in [7, 11) is 8.57. The first-order valence-electron chi connectivity index (χ1n) is 23.5. The number of benzene rings is 8. The van der Waals surface area contributed by atoms with Crippen LogP contribution in [0.1, 0.15) is 0 Å². The standard InChI is InChI=1S/4C16H12N.2ClH.2Ti/c4*1-17-14-9-5-4-8-13(14)16-12-7-3-2-6-11(12)10-15(16)17;;;;/h4*2-10H,1H3;2*1H;;/q4*-1;;;2*+2/p-2. The average Bonchev–Trinajstić information content (AvgIpc) is 4.28. The van der Waals surface area contributed by atoms with Crippen molar-refractivity contribution in [3.63, 3.8) is 0 Å². The van der Waals surface area contributed by atoms with Gasteiger partial charge in [-0.15, -0.1) is 140 Å². The summed E-state index contributed by atoms with van der Waals surface area (Å²) in [5.41, 5.74) is 10.5. The second-order valence-electron chi connectivity index (χ2n) is 18.3. The second kappa shape index (κ2) is 20.1. The Kier molecular flexibility index (Phi) is 14.1. The number of halogens is 2. The molecule has 0 atom stereocenters. The van der Waals surface area contributed by atoms with E-state index in [0.29, 0.717) is 0 Å². The molecule has 16 rings (SSSR count). The van der Waals surface area contributed by atoms with Gasteiger partial charge >= 0.3 is 43.4 Å². The van der Waals surface area contributed by atoms with Crippen LogP contribution in [0.4, 0.5) is 0 Å². The summed E-state index contributed by atoms with van der Waals surface area (Å²) in [5, 5.41) is 21.7. The predicted octanol–water partition coefficient (Wildman–Crippen LogP) is 10.8. The SMILES string of the molecule is Cn1c2ccccc2c2c3ccccc3[cH-]c21.Cn1c2ccccc2c2c3ccccc3[cH-]c21.Cn1c2ccccc2c2c3ccccc3[cH-]c21.Cn1c2ccccc2c2c3ccccc3[cH-]c21.[Cl-].[Cl-].[Ti+2].[Ti+2]. The Morgan fingerprint density at radius 1 is 0.236 bits per heavy atom. The molecular formula is C64H48Cl2N4Ti2-2. The number of aryl methyl sites for hydroxylation is 4. The van der Waals surface area contributed by atoms with Gasteiger partial charge in [-0.3, -0.25) is 0 Å². The van der Waals surface area contributed by atoms with Gasteiger partial charge in [0.2, 0.25) is 0 Å². The molecule has 4 heterocycles. The van der Waals surface area contributed by atoms with Crippen LogP contribution in [-0.2, 0) is 71.6 Å². The minimum Gasteiger partial charge on any atom is -1.00 e. The van der Waals surface area contributed by atoms with Crippen molar-refractivity contribution in [3.05, 3.63) is 218 Å². The monoisotopic (exact) mass is 1040 g/mol. The van der Waals surface area contributed by atoms with E-state index in [1.807, 2.05) is 0 Å². The summed E-state index contributed by atoms with van der Waals surface area (Å²) >= 11 is 0. The van der Waals surface area contributed by atoms with E-state index in [0.717, 1.165) is 0 Å². The average molecular weight is 1040 g/mol. The van der Waals surface area contributed by atoms with Crippen LogP contribution in [0.25, 0.3) is 130 Å².